The average Bonchev–Trinajstić information content (AvgIpc) is 2.65. The lowest BCUT2D eigenvalue weighted by Gasteiger charge is -2.32. The lowest BCUT2D eigenvalue weighted by atomic mass is 9.92. The molecule has 1 aliphatic carbocycles. The second-order valence-corrected chi connectivity index (χ2v) is 7.48. The zero-order valence-electron chi connectivity index (χ0n) is 13.7. The highest BCUT2D eigenvalue weighted by molar-refractivity contribution is 7.86. The fourth-order valence-electron chi connectivity index (χ4n) is 2.88. The normalized spacial score (nSPS) is 21.6. The second kappa shape index (κ2) is 7.01. The Kier molecular flexibility index (Phi) is 4.93. The van der Waals surface area contributed by atoms with Crippen molar-refractivity contribution in [1.82, 2.24) is 0 Å². The molecule has 1 aliphatic rings. The van der Waals surface area contributed by atoms with E-state index in [4.69, 9.17) is 4.55 Å². The Bertz CT molecular complexity index is 993. The summed E-state index contributed by atoms with van der Waals surface area (Å²) in [6.45, 7) is 0. The van der Waals surface area contributed by atoms with E-state index in [1.54, 1.807) is 12.1 Å². The van der Waals surface area contributed by atoms with Crippen LogP contribution in [0.15, 0.2) is 78.9 Å². The van der Waals surface area contributed by atoms with Crippen LogP contribution in [-0.2, 0) is 15.1 Å². The van der Waals surface area contributed by atoms with Crippen molar-refractivity contribution < 1.29 is 23.2 Å². The van der Waals surface area contributed by atoms with E-state index >= 15 is 0 Å². The molecule has 2 unspecified atom stereocenters. The number of hydrogen-bond donors (Lipinski definition) is 3. The summed E-state index contributed by atoms with van der Waals surface area (Å²) in [4.78, 5) is -2.70. The summed E-state index contributed by atoms with van der Waals surface area (Å²) in [5.74, 6) is 0. The van der Waals surface area contributed by atoms with Gasteiger partial charge in [-0.2, -0.15) is 8.42 Å². The van der Waals surface area contributed by atoms with Crippen LogP contribution in [0.2, 0.25) is 0 Å². The van der Waals surface area contributed by atoms with Crippen LogP contribution < -0.4 is 0 Å². The van der Waals surface area contributed by atoms with Crippen molar-refractivity contribution in [3.8, 4) is 0 Å². The van der Waals surface area contributed by atoms with Crippen LogP contribution in [0.1, 0.15) is 11.1 Å². The van der Waals surface area contributed by atoms with Crippen molar-refractivity contribution in [3.05, 3.63) is 90.0 Å². The lowest BCUT2D eigenvalue weighted by Crippen LogP contribution is -2.47. The molecular weight excluding hydrogens is 352 g/mol. The summed E-state index contributed by atoms with van der Waals surface area (Å²) in [5.41, 5.74) is 0.403. The highest BCUT2D eigenvalue weighted by atomic mass is 32.2. The zero-order chi connectivity index (χ0) is 18.8. The van der Waals surface area contributed by atoms with E-state index in [2.05, 4.69) is 48.5 Å². The minimum absolute atomic E-state index is 0.0347. The highest BCUT2D eigenvalue weighted by Gasteiger charge is 2.50. The summed E-state index contributed by atoms with van der Waals surface area (Å²) in [6, 6.07) is 22.8. The molecule has 2 atom stereocenters. The first-order valence-corrected chi connectivity index (χ1v) is 9.37. The third-order valence-electron chi connectivity index (χ3n) is 4.26. The molecule has 3 aromatic carbocycles. The monoisotopic (exact) mass is 370 g/mol. The summed E-state index contributed by atoms with van der Waals surface area (Å²) in [6.07, 6.45) is 0.910. The molecule has 5 nitrogen and oxygen atoms in total. The number of hydrogen-bond acceptors (Lipinski definition) is 4. The molecule has 3 N–H and O–H groups in total. The first kappa shape index (κ1) is 18.3. The van der Waals surface area contributed by atoms with Gasteiger partial charge in [0.15, 0.2) is 0 Å². The predicted molar refractivity (Wildman–Crippen MR) is 101 cm³/mol. The molecule has 134 valence electrons. The molecule has 6 heteroatoms. The molecule has 3 aromatic rings. The molecule has 0 saturated carbocycles. The molecule has 0 radical (unpaired) electrons. The molecule has 0 aliphatic heterocycles. The summed E-state index contributed by atoms with van der Waals surface area (Å²) in [5, 5.41) is 22.1. The Morgan fingerprint density at radius 3 is 1.77 bits per heavy atom. The largest absolute Gasteiger partial charge is 0.384 e. The summed E-state index contributed by atoms with van der Waals surface area (Å²) >= 11 is 0. The van der Waals surface area contributed by atoms with Crippen LogP contribution in [0.5, 0.6) is 0 Å². The molecular formula is C20H18O5S. The highest BCUT2D eigenvalue weighted by Crippen LogP contribution is 2.37. The Morgan fingerprint density at radius 1 is 0.808 bits per heavy atom. The van der Waals surface area contributed by atoms with Gasteiger partial charge in [-0.05, 0) is 16.3 Å². The van der Waals surface area contributed by atoms with Gasteiger partial charge in [-0.25, -0.2) is 0 Å². The fraction of sp³-hybridized carbons (Fsp3) is 0.100. The maximum Gasteiger partial charge on any atom is 0.302 e. The zero-order valence-corrected chi connectivity index (χ0v) is 14.5. The van der Waals surface area contributed by atoms with Crippen molar-refractivity contribution >= 4 is 27.0 Å². The van der Waals surface area contributed by atoms with Crippen LogP contribution in [0.25, 0.3) is 16.8 Å². The Balaban J connectivity index is 0.000000167. The van der Waals surface area contributed by atoms with Gasteiger partial charge in [0, 0.05) is 5.56 Å². The standard InChI is InChI=1S/C10H10O5S.C10H8/c11-9-6-5-7-3-1-2-4-8(7)10(9,12)16(13,14)15;1-2-6-10-8-4-3-7-9(10)5-1/h1-6,9,11-12H,(H,13,14,15);1-8H. The van der Waals surface area contributed by atoms with Gasteiger partial charge in [-0.1, -0.05) is 84.9 Å². The van der Waals surface area contributed by atoms with E-state index in [0.29, 0.717) is 5.56 Å². The lowest BCUT2D eigenvalue weighted by molar-refractivity contribution is 0.00209. The predicted octanol–water partition coefficient (Wildman–Crippen LogP) is 2.95. The molecule has 0 aromatic heterocycles. The van der Waals surface area contributed by atoms with Crippen LogP contribution in [0.4, 0.5) is 0 Å². The van der Waals surface area contributed by atoms with Crippen LogP contribution in [-0.4, -0.2) is 29.3 Å². The van der Waals surface area contributed by atoms with Gasteiger partial charge in [0.05, 0.1) is 0 Å². The SMILES string of the molecule is O=S(=O)(O)C1(O)c2ccccc2C=CC1O.c1ccc2ccccc2c1. The van der Waals surface area contributed by atoms with Crippen LogP contribution in [0.3, 0.4) is 0 Å². The van der Waals surface area contributed by atoms with Gasteiger partial charge in [0.2, 0.25) is 4.93 Å². The molecule has 4 rings (SSSR count). The van der Waals surface area contributed by atoms with Gasteiger partial charge in [0.1, 0.15) is 6.10 Å². The van der Waals surface area contributed by atoms with Gasteiger partial charge in [0.25, 0.3) is 0 Å². The summed E-state index contributed by atoms with van der Waals surface area (Å²) in [7, 11) is -4.83. The van der Waals surface area contributed by atoms with E-state index in [9.17, 15) is 18.6 Å². The molecule has 0 saturated heterocycles. The quantitative estimate of drug-likeness (QED) is 0.573. The topological polar surface area (TPSA) is 94.8 Å². The van der Waals surface area contributed by atoms with Gasteiger partial charge >= 0.3 is 10.1 Å². The van der Waals surface area contributed by atoms with Crippen molar-refractivity contribution in [2.45, 2.75) is 11.0 Å². The molecule has 0 amide bonds. The number of benzene rings is 3. The Morgan fingerprint density at radius 2 is 1.27 bits per heavy atom. The van der Waals surface area contributed by atoms with E-state index in [1.165, 1.54) is 29.0 Å². The third-order valence-corrected chi connectivity index (χ3v) is 5.51. The molecule has 0 fully saturated rings. The minimum Gasteiger partial charge on any atom is -0.384 e. The fourth-order valence-corrected chi connectivity index (χ4v) is 3.73. The van der Waals surface area contributed by atoms with Crippen LogP contribution >= 0.6 is 0 Å². The van der Waals surface area contributed by atoms with Crippen molar-refractivity contribution in [3.63, 3.8) is 0 Å². The van der Waals surface area contributed by atoms with Crippen molar-refractivity contribution in [1.29, 1.82) is 0 Å². The number of aliphatic hydroxyl groups excluding tert-OH is 1. The van der Waals surface area contributed by atoms with Crippen molar-refractivity contribution in [2.24, 2.45) is 0 Å². The number of aliphatic hydroxyl groups is 2. The Labute approximate surface area is 151 Å². The van der Waals surface area contributed by atoms with Crippen LogP contribution in [0, 0.1) is 0 Å². The molecule has 0 heterocycles. The van der Waals surface area contributed by atoms with Crippen molar-refractivity contribution in [2.75, 3.05) is 0 Å². The van der Waals surface area contributed by atoms with E-state index < -0.39 is 21.2 Å². The van der Waals surface area contributed by atoms with E-state index in [0.717, 1.165) is 6.08 Å². The smallest absolute Gasteiger partial charge is 0.302 e. The minimum atomic E-state index is -4.83. The summed E-state index contributed by atoms with van der Waals surface area (Å²) < 4.78 is 31.4. The number of fused-ring (bicyclic) bond motifs is 2. The Hall–Kier alpha value is -2.51. The van der Waals surface area contributed by atoms with Gasteiger partial charge in [-0.3, -0.25) is 4.55 Å². The number of rotatable bonds is 1. The average molecular weight is 370 g/mol. The van der Waals surface area contributed by atoms with Gasteiger partial charge in [-0.15, -0.1) is 0 Å². The van der Waals surface area contributed by atoms with E-state index in [1.807, 2.05) is 0 Å². The first-order chi connectivity index (χ1) is 12.3. The maximum atomic E-state index is 11.2. The molecule has 0 spiro atoms. The molecule has 26 heavy (non-hydrogen) atoms. The molecule has 0 bridgehead atoms. The van der Waals surface area contributed by atoms with Gasteiger partial charge < -0.3 is 10.2 Å². The maximum absolute atomic E-state index is 11.2. The first-order valence-electron chi connectivity index (χ1n) is 7.93. The van der Waals surface area contributed by atoms with E-state index in [-0.39, 0.29) is 5.56 Å². The third kappa shape index (κ3) is 3.27. The second-order valence-electron chi connectivity index (χ2n) is 5.91.